The van der Waals surface area contributed by atoms with Crippen LogP contribution in [0, 0.1) is 0 Å². The summed E-state index contributed by atoms with van der Waals surface area (Å²) in [6.45, 7) is -0.620. The van der Waals surface area contributed by atoms with Gasteiger partial charge in [0.1, 0.15) is 6.04 Å². The number of hydrogen-bond acceptors (Lipinski definition) is 3. The smallest absolute Gasteiger partial charge is 0.325 e. The Bertz CT molecular complexity index is 118. The number of aliphatic hydroxyl groups excluding tert-OH is 1. The van der Waals surface area contributed by atoms with Crippen LogP contribution in [0.2, 0.25) is 0 Å². The zero-order chi connectivity index (χ0) is 7.28. The van der Waals surface area contributed by atoms with Gasteiger partial charge in [-0.2, -0.15) is 6.41 Å². The molecule has 0 saturated carbocycles. The Morgan fingerprint density at radius 2 is 2.20 bits per heavy atom. The maximum absolute atomic E-state index is 9.92. The molecule has 0 spiro atoms. The molecule has 0 aliphatic rings. The van der Waals surface area contributed by atoms with E-state index in [0.29, 0.717) is 0 Å². The van der Waals surface area contributed by atoms with E-state index in [1.165, 1.54) is 0 Å². The molecular formula is C4H6NO4Rf-. The number of carbonyl (C=O) groups excluding carboxylic acids is 1. The molecule has 0 aromatic carbocycles. The molecule has 0 aliphatic heterocycles. The summed E-state index contributed by atoms with van der Waals surface area (Å²) in [5.41, 5.74) is 0. The predicted molar refractivity (Wildman–Crippen MR) is 27.3 cm³/mol. The van der Waals surface area contributed by atoms with Crippen molar-refractivity contribution in [3.8, 4) is 0 Å². The average molecular weight is 399 g/mol. The summed E-state index contributed by atoms with van der Waals surface area (Å²) in [6, 6.07) is -1.23. The number of nitrogens with one attached hydrogen (secondary N) is 1. The van der Waals surface area contributed by atoms with Crippen LogP contribution in [-0.2, 0) is 9.59 Å². The third-order valence-corrected chi connectivity index (χ3v) is 0.714. The SMILES string of the molecule is O=[C-]NC(CO)C(=O)O.[Rf]. The molecular weight excluding hydrogens is 393 g/mol. The molecule has 0 aliphatic carbocycles. The minimum absolute atomic E-state index is 0. The van der Waals surface area contributed by atoms with Gasteiger partial charge >= 0.3 is 5.97 Å². The molecule has 54 valence electrons. The van der Waals surface area contributed by atoms with E-state index in [2.05, 4.69) is 0 Å². The second-order valence-electron chi connectivity index (χ2n) is 1.32. The molecule has 0 radical (unpaired) electrons. The maximum Gasteiger partial charge on any atom is 0.325 e. The van der Waals surface area contributed by atoms with E-state index in [1.54, 1.807) is 5.32 Å². The van der Waals surface area contributed by atoms with Crippen LogP contribution in [0.1, 0.15) is 0 Å². The fourth-order valence-corrected chi connectivity index (χ4v) is 0.257. The van der Waals surface area contributed by atoms with E-state index in [4.69, 9.17) is 10.2 Å². The molecule has 0 aromatic heterocycles. The van der Waals surface area contributed by atoms with Crippen LogP contribution in [0.25, 0.3) is 0 Å². The minimum atomic E-state index is -1.28. The standard InChI is InChI=1S/C4H6NO4.Rf/c6-1-3(4(8)9)5-2-7;/h3,6H,1H2,(H,5,7)(H,8,9);/q-1;. The Labute approximate surface area is 51.3 Å². The van der Waals surface area contributed by atoms with Gasteiger partial charge in [-0.3, -0.25) is 4.79 Å². The van der Waals surface area contributed by atoms with E-state index >= 15 is 0 Å². The molecule has 0 bridgehead atoms. The van der Waals surface area contributed by atoms with Crippen LogP contribution >= 0.6 is 0 Å². The summed E-state index contributed by atoms with van der Waals surface area (Å²) in [4.78, 5) is 19.4. The summed E-state index contributed by atoms with van der Waals surface area (Å²) in [5, 5.41) is 18.1. The molecule has 10 heavy (non-hydrogen) atoms. The van der Waals surface area contributed by atoms with Gasteiger partial charge < -0.3 is 20.3 Å². The first-order valence-corrected chi connectivity index (χ1v) is 2.18. The number of aliphatic carboxylic acids is 1. The van der Waals surface area contributed by atoms with Gasteiger partial charge in [-0.05, 0) is 0 Å². The van der Waals surface area contributed by atoms with Gasteiger partial charge in [0.25, 0.3) is 0 Å². The summed E-state index contributed by atoms with van der Waals surface area (Å²) in [7, 11) is 0. The largest absolute Gasteiger partial charge is 0.520 e. The molecule has 6 heteroatoms. The van der Waals surface area contributed by atoms with Crippen molar-refractivity contribution in [2.24, 2.45) is 0 Å². The van der Waals surface area contributed by atoms with Crippen molar-refractivity contribution in [1.29, 1.82) is 0 Å². The monoisotopic (exact) mass is 399 g/mol. The van der Waals surface area contributed by atoms with Crippen molar-refractivity contribution in [1.82, 2.24) is 5.32 Å². The zero-order valence-corrected chi connectivity index (χ0v) is 11.6. The number of aliphatic hydroxyl groups is 1. The molecule has 1 atom stereocenters. The van der Waals surface area contributed by atoms with Crippen molar-refractivity contribution in [2.75, 3.05) is 6.61 Å². The van der Waals surface area contributed by atoms with Crippen molar-refractivity contribution < 1.29 is 19.8 Å². The molecule has 3 N–H and O–H groups in total. The molecule has 0 rings (SSSR count). The Hall–Kier alpha value is -2.10. The molecule has 0 heterocycles. The van der Waals surface area contributed by atoms with Crippen LogP contribution < -0.4 is 5.32 Å². The fourth-order valence-electron chi connectivity index (χ4n) is 0.257. The second-order valence-corrected chi connectivity index (χ2v) is 1.32. The molecule has 0 fully saturated rings. The summed E-state index contributed by atoms with van der Waals surface area (Å²) in [6.07, 6.45) is 1.16. The number of carbonyl (C=O) groups is 1. The molecule has 5 nitrogen and oxygen atoms in total. The van der Waals surface area contributed by atoms with Gasteiger partial charge in [0.2, 0.25) is 0 Å². The Kier molecular flexibility index (Phi) is 5.45. The van der Waals surface area contributed by atoms with Crippen LogP contribution in [-0.4, -0.2) is 35.2 Å². The van der Waals surface area contributed by atoms with Gasteiger partial charge in [-0.15, -0.1) is 0 Å². The van der Waals surface area contributed by atoms with Gasteiger partial charge in [-0.25, -0.2) is 0 Å². The average Bonchev–Trinajstić information content (AvgIpc) is 1.82. The normalized spacial score (nSPS) is 10.9. The van der Waals surface area contributed by atoms with Gasteiger partial charge in [-0.1, -0.05) is 0 Å². The Morgan fingerprint density at radius 3 is 2.30 bits per heavy atom. The first-order chi connectivity index (χ1) is 4.22. The molecule has 1 amide bonds. The van der Waals surface area contributed by atoms with Gasteiger partial charge in [0.05, 0.1) is 6.61 Å². The van der Waals surface area contributed by atoms with Crippen molar-refractivity contribution in [3.63, 3.8) is 0 Å². The molecule has 0 saturated heterocycles. The van der Waals surface area contributed by atoms with Gasteiger partial charge in [0, 0.05) is 0 Å². The fraction of sp³-hybridized carbons (Fsp3) is 0.500. The zero-order valence-electron chi connectivity index (χ0n) is 5.20. The maximum atomic E-state index is 9.92. The van der Waals surface area contributed by atoms with E-state index in [-0.39, 0.29) is 0 Å². The topological polar surface area (TPSA) is 86.6 Å². The minimum Gasteiger partial charge on any atom is -0.520 e. The van der Waals surface area contributed by atoms with E-state index < -0.39 is 18.6 Å². The van der Waals surface area contributed by atoms with Crippen LogP contribution in [0.15, 0.2) is 0 Å². The molecule has 1 unspecified atom stereocenters. The van der Waals surface area contributed by atoms with Crippen molar-refractivity contribution >= 4 is 12.4 Å². The number of carboxylic acid groups (broad SMARTS) is 1. The van der Waals surface area contributed by atoms with E-state index in [9.17, 15) is 9.59 Å². The number of amides is 1. The summed E-state index contributed by atoms with van der Waals surface area (Å²) >= 11 is 0. The summed E-state index contributed by atoms with van der Waals surface area (Å²) in [5.74, 6) is -1.28. The van der Waals surface area contributed by atoms with Crippen LogP contribution in [0.5, 0.6) is 0 Å². The second kappa shape index (κ2) is 5.04. The third kappa shape index (κ3) is 2.98. The Balaban J connectivity index is 0. The van der Waals surface area contributed by atoms with Crippen LogP contribution in [0.4, 0.5) is 0 Å². The summed E-state index contributed by atoms with van der Waals surface area (Å²) < 4.78 is 0. The third-order valence-electron chi connectivity index (χ3n) is 0.714. The Morgan fingerprint density at radius 1 is 1.70 bits per heavy atom. The van der Waals surface area contributed by atoms with Crippen molar-refractivity contribution in [2.45, 2.75) is 6.04 Å². The number of carboxylic acids is 1. The number of rotatable bonds is 4. The van der Waals surface area contributed by atoms with Crippen molar-refractivity contribution in [3.05, 3.63) is 0 Å². The first kappa shape index (κ1) is 10.8. The quantitative estimate of drug-likeness (QED) is 0.381. The molecule has 0 aromatic rings. The van der Waals surface area contributed by atoms with E-state index in [1.807, 2.05) is 0 Å². The predicted octanol–water partition coefficient (Wildman–Crippen LogP) is -1.91. The van der Waals surface area contributed by atoms with Gasteiger partial charge in [0.15, 0.2) is 0 Å². The number of hydrogen-bond donors (Lipinski definition) is 3. The first-order valence-electron chi connectivity index (χ1n) is 2.18. The van der Waals surface area contributed by atoms with E-state index in [0.717, 1.165) is 6.41 Å². The van der Waals surface area contributed by atoms with Crippen LogP contribution in [0.3, 0.4) is 0 Å².